The van der Waals surface area contributed by atoms with Crippen molar-refractivity contribution < 1.29 is 14.3 Å². The van der Waals surface area contributed by atoms with Gasteiger partial charge >= 0.3 is 0 Å². The number of ether oxygens (including phenoxy) is 1. The molecule has 26 heavy (non-hydrogen) atoms. The Bertz CT molecular complexity index is 820. The van der Waals surface area contributed by atoms with Crippen LogP contribution in [0, 0.1) is 0 Å². The first-order valence-electron chi connectivity index (χ1n) is 8.81. The quantitative estimate of drug-likeness (QED) is 0.864. The van der Waals surface area contributed by atoms with E-state index >= 15 is 0 Å². The highest BCUT2D eigenvalue weighted by molar-refractivity contribution is 5.98. The van der Waals surface area contributed by atoms with Crippen LogP contribution in [0.2, 0.25) is 0 Å². The summed E-state index contributed by atoms with van der Waals surface area (Å²) in [6, 6.07) is 9.49. The van der Waals surface area contributed by atoms with E-state index in [-0.39, 0.29) is 23.5 Å². The summed E-state index contributed by atoms with van der Waals surface area (Å²) < 4.78 is 6.04. The van der Waals surface area contributed by atoms with Gasteiger partial charge in [0, 0.05) is 31.5 Å². The number of carbonyl (C=O) groups is 2. The average molecular weight is 356 g/mol. The lowest BCUT2D eigenvalue weighted by Gasteiger charge is -2.54. The predicted molar refractivity (Wildman–Crippen MR) is 98.0 cm³/mol. The van der Waals surface area contributed by atoms with Crippen molar-refractivity contribution in [1.29, 1.82) is 0 Å². The van der Waals surface area contributed by atoms with Gasteiger partial charge in [-0.05, 0) is 19.2 Å². The van der Waals surface area contributed by atoms with Gasteiger partial charge in [0.15, 0.2) is 0 Å². The molecule has 3 heterocycles. The van der Waals surface area contributed by atoms with Gasteiger partial charge in [0.25, 0.3) is 5.91 Å². The Balaban J connectivity index is 1.40. The second-order valence-corrected chi connectivity index (χ2v) is 7.59. The second kappa shape index (κ2) is 6.10. The van der Waals surface area contributed by atoms with Crippen molar-refractivity contribution in [1.82, 2.24) is 19.7 Å². The van der Waals surface area contributed by atoms with E-state index in [4.69, 9.17) is 4.74 Å². The molecule has 2 saturated heterocycles. The topological polar surface area (TPSA) is 68.9 Å². The Hall–Kier alpha value is -2.38. The van der Waals surface area contributed by atoms with Crippen LogP contribution in [-0.2, 0) is 9.53 Å². The summed E-state index contributed by atoms with van der Waals surface area (Å²) >= 11 is 0. The number of hydrogen-bond acceptors (Lipinski definition) is 4. The molecular formula is C19H24N4O3. The molecular weight excluding hydrogens is 332 g/mol. The Kier molecular flexibility index (Phi) is 4.00. The highest BCUT2D eigenvalue weighted by Crippen LogP contribution is 2.32. The van der Waals surface area contributed by atoms with Crippen molar-refractivity contribution in [2.24, 2.45) is 0 Å². The summed E-state index contributed by atoms with van der Waals surface area (Å²) in [6.45, 7) is 2.11. The third-order valence-electron chi connectivity index (χ3n) is 5.35. The molecule has 0 unspecified atom stereocenters. The zero-order chi connectivity index (χ0) is 18.5. The smallest absolute Gasteiger partial charge is 0.270 e. The van der Waals surface area contributed by atoms with Crippen LogP contribution < -0.4 is 0 Å². The number of rotatable bonds is 2. The molecule has 0 radical (unpaired) electrons. The standard InChI is InChI=1S/C19H24N4O3/c1-21(2)18(25)16-9-26-19(10-22(16)3)11-23(12-19)17(24)15-8-13-6-4-5-7-14(13)20-15/h4-8,16,20H,9-12H2,1-3H3/t16-/m0/s1. The summed E-state index contributed by atoms with van der Waals surface area (Å²) in [5.74, 6) is 0.0391. The zero-order valence-corrected chi connectivity index (χ0v) is 15.4. The second-order valence-electron chi connectivity index (χ2n) is 7.59. The summed E-state index contributed by atoms with van der Waals surface area (Å²) in [4.78, 5) is 33.6. The van der Waals surface area contributed by atoms with Crippen molar-refractivity contribution in [2.45, 2.75) is 11.6 Å². The summed E-state index contributed by atoms with van der Waals surface area (Å²) in [5.41, 5.74) is 1.20. The molecule has 7 heteroatoms. The number of likely N-dealkylation sites (N-methyl/N-ethyl adjacent to an activating group) is 2. The average Bonchev–Trinajstić information content (AvgIpc) is 3.02. The van der Waals surface area contributed by atoms with E-state index < -0.39 is 0 Å². The highest BCUT2D eigenvalue weighted by atomic mass is 16.5. The van der Waals surface area contributed by atoms with E-state index in [1.807, 2.05) is 42.3 Å². The van der Waals surface area contributed by atoms with Crippen LogP contribution in [-0.4, -0.2) is 90.5 Å². The number of fused-ring (bicyclic) bond motifs is 1. The lowest BCUT2D eigenvalue weighted by molar-refractivity contribution is -0.190. The van der Waals surface area contributed by atoms with Gasteiger partial charge in [0.1, 0.15) is 17.3 Å². The van der Waals surface area contributed by atoms with Gasteiger partial charge in [-0.25, -0.2) is 0 Å². The summed E-state index contributed by atoms with van der Waals surface area (Å²) in [6.07, 6.45) is 0. The van der Waals surface area contributed by atoms with Crippen LogP contribution in [0.4, 0.5) is 0 Å². The van der Waals surface area contributed by atoms with Gasteiger partial charge in [-0.2, -0.15) is 0 Å². The molecule has 1 aromatic heterocycles. The number of amides is 2. The monoisotopic (exact) mass is 356 g/mol. The number of aromatic nitrogens is 1. The summed E-state index contributed by atoms with van der Waals surface area (Å²) in [7, 11) is 5.45. The van der Waals surface area contributed by atoms with Gasteiger partial charge in [0.05, 0.1) is 19.7 Å². The minimum Gasteiger partial charge on any atom is -0.368 e. The third kappa shape index (κ3) is 2.77. The number of para-hydroxylation sites is 1. The first kappa shape index (κ1) is 17.1. The Morgan fingerprint density at radius 2 is 1.96 bits per heavy atom. The molecule has 2 fully saturated rings. The van der Waals surface area contributed by atoms with Crippen LogP contribution in [0.3, 0.4) is 0 Å². The van der Waals surface area contributed by atoms with Gasteiger partial charge < -0.3 is 19.5 Å². The maximum absolute atomic E-state index is 12.7. The lowest BCUT2D eigenvalue weighted by atomic mass is 9.90. The van der Waals surface area contributed by atoms with Crippen LogP contribution in [0.5, 0.6) is 0 Å². The van der Waals surface area contributed by atoms with Crippen LogP contribution in [0.25, 0.3) is 10.9 Å². The third-order valence-corrected chi connectivity index (χ3v) is 5.35. The predicted octanol–water partition coefficient (Wildman–Crippen LogP) is 0.781. The normalized spacial score (nSPS) is 22.4. The lowest BCUT2D eigenvalue weighted by Crippen LogP contribution is -2.73. The van der Waals surface area contributed by atoms with Crippen LogP contribution in [0.1, 0.15) is 10.5 Å². The van der Waals surface area contributed by atoms with Crippen LogP contribution in [0.15, 0.2) is 30.3 Å². The molecule has 138 valence electrons. The van der Waals surface area contributed by atoms with Crippen molar-refractivity contribution >= 4 is 22.7 Å². The largest absolute Gasteiger partial charge is 0.368 e. The number of H-pyrrole nitrogens is 1. The van der Waals surface area contributed by atoms with E-state index in [0.717, 1.165) is 10.9 Å². The minimum absolute atomic E-state index is 0.00966. The molecule has 1 N–H and O–H groups in total. The number of carbonyl (C=O) groups excluding carboxylic acids is 2. The molecule has 1 aromatic carbocycles. The molecule has 0 bridgehead atoms. The van der Waals surface area contributed by atoms with Gasteiger partial charge in [-0.3, -0.25) is 14.5 Å². The maximum atomic E-state index is 12.7. The van der Waals surface area contributed by atoms with Crippen molar-refractivity contribution in [3.63, 3.8) is 0 Å². The fraction of sp³-hybridized carbons (Fsp3) is 0.474. The Morgan fingerprint density at radius 3 is 2.62 bits per heavy atom. The molecule has 7 nitrogen and oxygen atoms in total. The van der Waals surface area contributed by atoms with Crippen molar-refractivity contribution in [3.05, 3.63) is 36.0 Å². The van der Waals surface area contributed by atoms with Gasteiger partial charge in [-0.15, -0.1) is 0 Å². The van der Waals surface area contributed by atoms with Gasteiger partial charge in [-0.1, -0.05) is 18.2 Å². The summed E-state index contributed by atoms with van der Waals surface area (Å²) in [5, 5.41) is 1.03. The number of morpholine rings is 1. The number of nitrogens with one attached hydrogen (secondary N) is 1. The molecule has 0 saturated carbocycles. The molecule has 2 amide bonds. The van der Waals surface area contributed by atoms with E-state index in [1.54, 1.807) is 23.9 Å². The minimum atomic E-state index is -0.362. The molecule has 1 spiro atoms. The number of likely N-dealkylation sites (tertiary alicyclic amines) is 1. The molecule has 2 aromatic rings. The van der Waals surface area contributed by atoms with Gasteiger partial charge in [0.2, 0.25) is 5.91 Å². The first-order valence-corrected chi connectivity index (χ1v) is 8.81. The van der Waals surface area contributed by atoms with E-state index in [0.29, 0.717) is 31.9 Å². The van der Waals surface area contributed by atoms with E-state index in [2.05, 4.69) is 4.98 Å². The first-order chi connectivity index (χ1) is 12.4. The van der Waals surface area contributed by atoms with E-state index in [1.165, 1.54) is 0 Å². The van der Waals surface area contributed by atoms with E-state index in [9.17, 15) is 9.59 Å². The maximum Gasteiger partial charge on any atom is 0.270 e. The Morgan fingerprint density at radius 1 is 1.23 bits per heavy atom. The number of benzene rings is 1. The number of hydrogen-bond donors (Lipinski definition) is 1. The molecule has 2 aliphatic heterocycles. The molecule has 4 rings (SSSR count). The Labute approximate surface area is 152 Å². The number of nitrogens with zero attached hydrogens (tertiary/aromatic N) is 3. The van der Waals surface area contributed by atoms with Crippen molar-refractivity contribution in [3.8, 4) is 0 Å². The molecule has 1 atom stereocenters. The van der Waals surface area contributed by atoms with Crippen molar-refractivity contribution in [2.75, 3.05) is 47.4 Å². The fourth-order valence-electron chi connectivity index (χ4n) is 3.89. The molecule has 2 aliphatic rings. The zero-order valence-electron chi connectivity index (χ0n) is 15.4. The molecule has 0 aliphatic carbocycles. The number of aromatic amines is 1. The highest BCUT2D eigenvalue weighted by Gasteiger charge is 2.51. The SMILES string of the molecule is CN(C)C(=O)[C@@H]1COC2(CN(C(=O)c3cc4ccccc4[nH]3)C2)CN1C. The fourth-order valence-corrected chi connectivity index (χ4v) is 3.89. The van der Waals surface area contributed by atoms with Crippen LogP contribution >= 0.6 is 0 Å².